The highest BCUT2D eigenvalue weighted by Gasteiger charge is 2.10. The third-order valence-corrected chi connectivity index (χ3v) is 3.08. The van der Waals surface area contributed by atoms with Crippen molar-refractivity contribution in [3.63, 3.8) is 0 Å². The number of halogens is 1. The van der Waals surface area contributed by atoms with Crippen LogP contribution in [0.2, 0.25) is 5.02 Å². The molecule has 23 heavy (non-hydrogen) atoms. The van der Waals surface area contributed by atoms with Gasteiger partial charge in [0.15, 0.2) is 17.3 Å². The topological polar surface area (TPSA) is 101 Å². The molecule has 8 nitrogen and oxygen atoms in total. The van der Waals surface area contributed by atoms with E-state index in [2.05, 4.69) is 25.7 Å². The number of aromatic nitrogens is 3. The molecule has 122 valence electrons. The summed E-state index contributed by atoms with van der Waals surface area (Å²) in [6.45, 7) is 4.03. The van der Waals surface area contributed by atoms with Crippen LogP contribution in [0, 0.1) is 6.92 Å². The summed E-state index contributed by atoms with van der Waals surface area (Å²) in [6, 6.07) is 3.43. The Bertz CT molecular complexity index is 775. The number of aromatic amines is 1. The van der Waals surface area contributed by atoms with Gasteiger partial charge in [0.05, 0.1) is 25.0 Å². The van der Waals surface area contributed by atoms with Crippen LogP contribution in [0.5, 0.6) is 11.5 Å². The van der Waals surface area contributed by atoms with E-state index in [1.165, 1.54) is 13.3 Å². The average molecular weight is 338 g/mol. The first-order chi connectivity index (χ1) is 11.0. The van der Waals surface area contributed by atoms with Gasteiger partial charge >= 0.3 is 5.69 Å². The summed E-state index contributed by atoms with van der Waals surface area (Å²) < 4.78 is 10.7. The van der Waals surface area contributed by atoms with E-state index in [-0.39, 0.29) is 5.82 Å². The van der Waals surface area contributed by atoms with E-state index in [1.54, 1.807) is 19.1 Å². The minimum atomic E-state index is -0.556. The van der Waals surface area contributed by atoms with E-state index < -0.39 is 5.69 Å². The summed E-state index contributed by atoms with van der Waals surface area (Å²) in [5.74, 6) is 1.26. The Morgan fingerprint density at radius 3 is 2.96 bits per heavy atom. The molecule has 1 aromatic carbocycles. The zero-order valence-electron chi connectivity index (χ0n) is 12.9. The highest BCUT2D eigenvalue weighted by atomic mass is 35.5. The first kappa shape index (κ1) is 16.8. The van der Waals surface area contributed by atoms with Gasteiger partial charge in [-0.15, -0.1) is 0 Å². The minimum Gasteiger partial charge on any atom is -0.493 e. The van der Waals surface area contributed by atoms with Crippen molar-refractivity contribution < 1.29 is 9.47 Å². The van der Waals surface area contributed by atoms with Crippen molar-refractivity contribution >= 4 is 23.6 Å². The van der Waals surface area contributed by atoms with Crippen molar-refractivity contribution in [2.45, 2.75) is 13.8 Å². The monoisotopic (exact) mass is 337 g/mol. The first-order valence-electron chi connectivity index (χ1n) is 6.77. The number of hydrazone groups is 1. The van der Waals surface area contributed by atoms with Crippen molar-refractivity contribution in [2.75, 3.05) is 19.1 Å². The maximum absolute atomic E-state index is 11.1. The number of nitrogens with zero attached hydrogens (tertiary/aromatic N) is 3. The maximum Gasteiger partial charge on any atom is 0.363 e. The SMILES string of the molecule is CCOc1c(Cl)cc(/C=N/Nc2nc(=O)[nH]nc2C)cc1OC. The number of aryl methyl sites for hydroxylation is 1. The number of methoxy groups -OCH3 is 1. The second kappa shape index (κ2) is 7.59. The molecule has 0 aliphatic heterocycles. The van der Waals surface area contributed by atoms with Crippen LogP contribution < -0.4 is 20.6 Å². The molecule has 0 amide bonds. The van der Waals surface area contributed by atoms with E-state index in [1.807, 2.05) is 6.92 Å². The number of H-pyrrole nitrogens is 1. The Hall–Kier alpha value is -2.61. The van der Waals surface area contributed by atoms with Crippen LogP contribution in [0.3, 0.4) is 0 Å². The Morgan fingerprint density at radius 2 is 2.26 bits per heavy atom. The van der Waals surface area contributed by atoms with Crippen molar-refractivity contribution in [3.8, 4) is 11.5 Å². The van der Waals surface area contributed by atoms with Gasteiger partial charge in [-0.25, -0.2) is 9.89 Å². The van der Waals surface area contributed by atoms with Crippen LogP contribution in [-0.2, 0) is 0 Å². The van der Waals surface area contributed by atoms with Gasteiger partial charge in [0, 0.05) is 0 Å². The standard InChI is InChI=1S/C14H16ClN5O3/c1-4-23-12-10(15)5-9(6-11(12)22-3)7-16-19-13-8(2)18-20-14(21)17-13/h5-7H,4H2,1-3H3,(H2,17,19,20,21)/b16-7+. The third-order valence-electron chi connectivity index (χ3n) is 2.80. The van der Waals surface area contributed by atoms with Crippen LogP contribution in [0.15, 0.2) is 22.0 Å². The molecule has 0 radical (unpaired) electrons. The van der Waals surface area contributed by atoms with E-state index in [0.717, 1.165) is 0 Å². The van der Waals surface area contributed by atoms with E-state index in [0.29, 0.717) is 34.4 Å². The van der Waals surface area contributed by atoms with Gasteiger partial charge in [-0.2, -0.15) is 15.2 Å². The van der Waals surface area contributed by atoms with Gasteiger partial charge < -0.3 is 9.47 Å². The van der Waals surface area contributed by atoms with Crippen LogP contribution in [-0.4, -0.2) is 35.1 Å². The second-order valence-corrected chi connectivity index (χ2v) is 4.82. The number of ether oxygens (including phenoxy) is 2. The zero-order valence-corrected chi connectivity index (χ0v) is 13.6. The van der Waals surface area contributed by atoms with Gasteiger partial charge in [0.25, 0.3) is 0 Å². The smallest absolute Gasteiger partial charge is 0.363 e. The Kier molecular flexibility index (Phi) is 5.53. The number of hydrogen-bond donors (Lipinski definition) is 2. The highest BCUT2D eigenvalue weighted by molar-refractivity contribution is 6.32. The van der Waals surface area contributed by atoms with Crippen molar-refractivity contribution in [2.24, 2.45) is 5.10 Å². The second-order valence-electron chi connectivity index (χ2n) is 4.41. The molecule has 0 saturated carbocycles. The molecule has 0 spiro atoms. The quantitative estimate of drug-likeness (QED) is 0.617. The maximum atomic E-state index is 11.1. The molecule has 2 aromatic rings. The molecule has 9 heteroatoms. The van der Waals surface area contributed by atoms with E-state index in [4.69, 9.17) is 21.1 Å². The average Bonchev–Trinajstić information content (AvgIpc) is 2.53. The molecular weight excluding hydrogens is 322 g/mol. The van der Waals surface area contributed by atoms with E-state index in [9.17, 15) is 4.79 Å². The molecule has 0 bridgehead atoms. The molecule has 0 atom stereocenters. The van der Waals surface area contributed by atoms with Crippen LogP contribution in [0.25, 0.3) is 0 Å². The molecule has 1 aromatic heterocycles. The van der Waals surface area contributed by atoms with E-state index >= 15 is 0 Å². The molecule has 0 saturated heterocycles. The molecule has 0 aliphatic rings. The summed E-state index contributed by atoms with van der Waals surface area (Å²) in [4.78, 5) is 14.9. The van der Waals surface area contributed by atoms with Gasteiger partial charge in [-0.05, 0) is 31.5 Å². The van der Waals surface area contributed by atoms with Crippen molar-refractivity contribution in [1.29, 1.82) is 0 Å². The van der Waals surface area contributed by atoms with Crippen LogP contribution >= 0.6 is 11.6 Å². The predicted octanol–water partition coefficient (Wildman–Crippen LogP) is 1.98. The zero-order chi connectivity index (χ0) is 16.8. The van der Waals surface area contributed by atoms with Gasteiger partial charge in [0.2, 0.25) is 0 Å². The van der Waals surface area contributed by atoms with Crippen molar-refractivity contribution in [3.05, 3.63) is 38.9 Å². The third kappa shape index (κ3) is 4.19. The number of hydrogen-bond acceptors (Lipinski definition) is 7. The lowest BCUT2D eigenvalue weighted by molar-refractivity contribution is 0.311. The lowest BCUT2D eigenvalue weighted by Gasteiger charge is -2.11. The number of nitrogens with one attached hydrogen (secondary N) is 2. The van der Waals surface area contributed by atoms with Gasteiger partial charge in [0.1, 0.15) is 5.69 Å². The predicted molar refractivity (Wildman–Crippen MR) is 87.8 cm³/mol. The molecule has 2 N–H and O–H groups in total. The highest BCUT2D eigenvalue weighted by Crippen LogP contribution is 2.35. The van der Waals surface area contributed by atoms with Gasteiger partial charge in [-0.3, -0.25) is 5.43 Å². The fourth-order valence-corrected chi connectivity index (χ4v) is 2.04. The minimum absolute atomic E-state index is 0.272. The number of anilines is 1. The van der Waals surface area contributed by atoms with Crippen LogP contribution in [0.4, 0.5) is 5.82 Å². The summed E-state index contributed by atoms with van der Waals surface area (Å²) >= 11 is 6.18. The molecule has 0 unspecified atom stereocenters. The number of rotatable bonds is 6. The van der Waals surface area contributed by atoms with Crippen LogP contribution in [0.1, 0.15) is 18.2 Å². The normalized spacial score (nSPS) is 10.8. The Morgan fingerprint density at radius 1 is 1.48 bits per heavy atom. The lowest BCUT2D eigenvalue weighted by atomic mass is 10.2. The largest absolute Gasteiger partial charge is 0.493 e. The molecular formula is C14H16ClN5O3. The summed E-state index contributed by atoms with van der Waals surface area (Å²) in [5, 5.41) is 10.5. The lowest BCUT2D eigenvalue weighted by Crippen LogP contribution is -2.15. The Labute approximate surface area is 137 Å². The summed E-state index contributed by atoms with van der Waals surface area (Å²) in [7, 11) is 1.53. The fourth-order valence-electron chi connectivity index (χ4n) is 1.76. The van der Waals surface area contributed by atoms with Crippen molar-refractivity contribution in [1.82, 2.24) is 15.2 Å². The molecule has 0 aliphatic carbocycles. The molecule has 1 heterocycles. The number of benzene rings is 1. The first-order valence-corrected chi connectivity index (χ1v) is 7.15. The molecule has 2 rings (SSSR count). The summed E-state index contributed by atoms with van der Waals surface area (Å²) in [5.41, 5.74) is 3.31. The fraction of sp³-hybridized carbons (Fsp3) is 0.286. The Balaban J connectivity index is 2.21. The van der Waals surface area contributed by atoms with Gasteiger partial charge in [-0.1, -0.05) is 11.6 Å². The molecule has 0 fully saturated rings. The summed E-state index contributed by atoms with van der Waals surface area (Å²) in [6.07, 6.45) is 1.52.